The predicted octanol–water partition coefficient (Wildman–Crippen LogP) is 2.61. The van der Waals surface area contributed by atoms with Gasteiger partial charge in [-0.2, -0.15) is 0 Å². The Morgan fingerprint density at radius 3 is 2.67 bits per heavy atom. The van der Waals surface area contributed by atoms with Crippen LogP contribution in [0.5, 0.6) is 0 Å². The van der Waals surface area contributed by atoms with Crippen molar-refractivity contribution in [1.82, 2.24) is 0 Å². The number of hydrogen-bond donors (Lipinski definition) is 1. The predicted molar refractivity (Wildman–Crippen MR) is 51.9 cm³/mol. The van der Waals surface area contributed by atoms with Gasteiger partial charge in [-0.1, -0.05) is 32.4 Å². The van der Waals surface area contributed by atoms with E-state index in [2.05, 4.69) is 33.8 Å². The smallest absolute Gasteiger partial charge is 0.0496 e. The zero-order chi connectivity index (χ0) is 9.35. The van der Waals surface area contributed by atoms with Crippen LogP contribution in [0.2, 0.25) is 0 Å². The maximum atomic E-state index is 9.11. The largest absolute Gasteiger partial charge is 0.396 e. The summed E-state index contributed by atoms with van der Waals surface area (Å²) in [6.45, 7) is 9.26. The van der Waals surface area contributed by atoms with E-state index in [0.29, 0.717) is 23.9 Å². The first-order chi connectivity index (χ1) is 5.47. The minimum atomic E-state index is 0.308. The van der Waals surface area contributed by atoms with Gasteiger partial charge in [0.15, 0.2) is 0 Å². The number of allylic oxidation sites excluding steroid dienone is 1. The van der Waals surface area contributed by atoms with Crippen LogP contribution in [0.3, 0.4) is 0 Å². The molecule has 1 nitrogen and oxygen atoms in total. The molecule has 1 N–H and O–H groups in total. The highest BCUT2D eigenvalue weighted by Crippen LogP contribution is 2.40. The van der Waals surface area contributed by atoms with E-state index in [-0.39, 0.29) is 0 Å². The van der Waals surface area contributed by atoms with Crippen molar-refractivity contribution in [2.24, 2.45) is 17.3 Å². The van der Waals surface area contributed by atoms with Crippen molar-refractivity contribution in [2.45, 2.75) is 34.1 Å². The van der Waals surface area contributed by atoms with E-state index in [4.69, 9.17) is 5.11 Å². The Hall–Kier alpha value is -0.300. The molecule has 0 bridgehead atoms. The normalized spacial score (nSPS) is 34.6. The molecule has 2 atom stereocenters. The van der Waals surface area contributed by atoms with Crippen molar-refractivity contribution in [2.75, 3.05) is 6.61 Å². The Kier molecular flexibility index (Phi) is 2.62. The molecule has 0 aromatic heterocycles. The van der Waals surface area contributed by atoms with Gasteiger partial charge in [0, 0.05) is 12.5 Å². The number of rotatable bonds is 1. The van der Waals surface area contributed by atoms with Gasteiger partial charge in [0.05, 0.1) is 0 Å². The fourth-order valence-electron chi connectivity index (χ4n) is 1.98. The Morgan fingerprint density at radius 1 is 1.58 bits per heavy atom. The van der Waals surface area contributed by atoms with Gasteiger partial charge in [0.2, 0.25) is 0 Å². The van der Waals surface area contributed by atoms with E-state index < -0.39 is 0 Å². The van der Waals surface area contributed by atoms with E-state index in [1.807, 2.05) is 0 Å². The second-order valence-corrected chi connectivity index (χ2v) is 4.73. The van der Waals surface area contributed by atoms with Crippen molar-refractivity contribution < 1.29 is 5.11 Å². The van der Waals surface area contributed by atoms with Crippen LogP contribution < -0.4 is 0 Å². The standard InChI is InChI=1S/C11H20O/c1-8-6-11(3,4)9(2)5-10(8)7-12/h6,9-10,12H,5,7H2,1-4H3. The SMILES string of the molecule is CC1=CC(C)(C)C(C)CC1CO. The molecule has 1 aliphatic rings. The van der Waals surface area contributed by atoms with Gasteiger partial charge < -0.3 is 5.11 Å². The van der Waals surface area contributed by atoms with E-state index >= 15 is 0 Å². The summed E-state index contributed by atoms with van der Waals surface area (Å²) < 4.78 is 0. The summed E-state index contributed by atoms with van der Waals surface area (Å²) in [5.74, 6) is 1.09. The highest BCUT2D eigenvalue weighted by Gasteiger charge is 2.31. The fourth-order valence-corrected chi connectivity index (χ4v) is 1.98. The molecular weight excluding hydrogens is 148 g/mol. The number of aliphatic hydroxyl groups is 1. The van der Waals surface area contributed by atoms with Crippen molar-refractivity contribution >= 4 is 0 Å². The molecule has 0 heterocycles. The van der Waals surface area contributed by atoms with Gasteiger partial charge in [0.25, 0.3) is 0 Å². The summed E-state index contributed by atoms with van der Waals surface area (Å²) in [7, 11) is 0. The molecule has 0 saturated carbocycles. The van der Waals surface area contributed by atoms with Gasteiger partial charge >= 0.3 is 0 Å². The third-order valence-electron chi connectivity index (χ3n) is 3.37. The van der Waals surface area contributed by atoms with E-state index in [1.165, 1.54) is 5.57 Å². The zero-order valence-corrected chi connectivity index (χ0v) is 8.59. The second kappa shape index (κ2) is 3.21. The monoisotopic (exact) mass is 168 g/mol. The molecule has 0 spiro atoms. The first-order valence-corrected chi connectivity index (χ1v) is 4.77. The van der Waals surface area contributed by atoms with Crippen molar-refractivity contribution in [3.05, 3.63) is 11.6 Å². The summed E-state index contributed by atoms with van der Waals surface area (Å²) in [4.78, 5) is 0. The van der Waals surface area contributed by atoms with Gasteiger partial charge in [-0.05, 0) is 24.7 Å². The highest BCUT2D eigenvalue weighted by molar-refractivity contribution is 5.14. The summed E-state index contributed by atoms with van der Waals surface area (Å²) in [5, 5.41) is 9.11. The average Bonchev–Trinajstić information content (AvgIpc) is 1.96. The number of aliphatic hydroxyl groups excluding tert-OH is 1. The maximum absolute atomic E-state index is 9.11. The molecule has 0 aliphatic heterocycles. The van der Waals surface area contributed by atoms with Crippen LogP contribution in [0.15, 0.2) is 11.6 Å². The minimum Gasteiger partial charge on any atom is -0.396 e. The lowest BCUT2D eigenvalue weighted by Gasteiger charge is -2.37. The Labute approximate surface area is 75.5 Å². The molecule has 1 heteroatoms. The van der Waals surface area contributed by atoms with Crippen LogP contribution in [-0.2, 0) is 0 Å². The molecule has 0 saturated heterocycles. The van der Waals surface area contributed by atoms with Crippen molar-refractivity contribution in [1.29, 1.82) is 0 Å². The lowest BCUT2D eigenvalue weighted by Crippen LogP contribution is -2.29. The van der Waals surface area contributed by atoms with Gasteiger partial charge in [-0.25, -0.2) is 0 Å². The van der Waals surface area contributed by atoms with Crippen LogP contribution in [0.25, 0.3) is 0 Å². The molecule has 2 unspecified atom stereocenters. The first kappa shape index (κ1) is 9.79. The van der Waals surface area contributed by atoms with E-state index in [1.54, 1.807) is 0 Å². The molecule has 1 aliphatic carbocycles. The third-order valence-corrected chi connectivity index (χ3v) is 3.37. The molecule has 70 valence electrons. The minimum absolute atomic E-state index is 0.308. The topological polar surface area (TPSA) is 20.2 Å². The lowest BCUT2D eigenvalue weighted by molar-refractivity contribution is 0.172. The molecule has 0 aromatic carbocycles. The van der Waals surface area contributed by atoms with Crippen LogP contribution in [-0.4, -0.2) is 11.7 Å². The first-order valence-electron chi connectivity index (χ1n) is 4.77. The Balaban J connectivity index is 2.84. The van der Waals surface area contributed by atoms with E-state index in [0.717, 1.165) is 6.42 Å². The number of hydrogen-bond acceptors (Lipinski definition) is 1. The van der Waals surface area contributed by atoms with Crippen molar-refractivity contribution in [3.63, 3.8) is 0 Å². The molecule has 12 heavy (non-hydrogen) atoms. The van der Waals surface area contributed by atoms with Crippen LogP contribution in [0, 0.1) is 17.3 Å². The Bertz CT molecular complexity index is 191. The fraction of sp³-hybridized carbons (Fsp3) is 0.818. The molecule has 0 fully saturated rings. The molecular formula is C11H20O. The maximum Gasteiger partial charge on any atom is 0.0496 e. The highest BCUT2D eigenvalue weighted by atomic mass is 16.3. The summed E-state index contributed by atoms with van der Waals surface area (Å²) >= 11 is 0. The lowest BCUT2D eigenvalue weighted by atomic mass is 9.68. The van der Waals surface area contributed by atoms with Crippen LogP contribution in [0.1, 0.15) is 34.1 Å². The van der Waals surface area contributed by atoms with Crippen molar-refractivity contribution in [3.8, 4) is 0 Å². The third kappa shape index (κ3) is 1.71. The molecule has 0 aromatic rings. The molecule has 0 radical (unpaired) electrons. The summed E-state index contributed by atoms with van der Waals surface area (Å²) in [5.41, 5.74) is 1.68. The van der Waals surface area contributed by atoms with Gasteiger partial charge in [0.1, 0.15) is 0 Å². The van der Waals surface area contributed by atoms with Crippen LogP contribution >= 0.6 is 0 Å². The quantitative estimate of drug-likeness (QED) is 0.597. The summed E-state index contributed by atoms with van der Waals surface area (Å²) in [6.07, 6.45) is 3.45. The second-order valence-electron chi connectivity index (χ2n) is 4.73. The van der Waals surface area contributed by atoms with Gasteiger partial charge in [-0.3, -0.25) is 0 Å². The Morgan fingerprint density at radius 2 is 2.17 bits per heavy atom. The molecule has 1 rings (SSSR count). The van der Waals surface area contributed by atoms with Crippen LogP contribution in [0.4, 0.5) is 0 Å². The van der Waals surface area contributed by atoms with Gasteiger partial charge in [-0.15, -0.1) is 0 Å². The zero-order valence-electron chi connectivity index (χ0n) is 8.59. The summed E-state index contributed by atoms with van der Waals surface area (Å²) in [6, 6.07) is 0. The average molecular weight is 168 g/mol. The molecule has 0 amide bonds. The van der Waals surface area contributed by atoms with E-state index in [9.17, 15) is 0 Å².